The summed E-state index contributed by atoms with van der Waals surface area (Å²) in [6.45, 7) is 0. The number of nitrogen functional groups attached to an aromatic ring is 1. The number of tetrazole rings is 1. The van der Waals surface area contributed by atoms with Gasteiger partial charge in [0, 0.05) is 46.1 Å². The highest BCUT2D eigenvalue weighted by molar-refractivity contribution is 6.31. The third-order valence-corrected chi connectivity index (χ3v) is 7.33. The average Bonchev–Trinajstić information content (AvgIpc) is 3.31. The smallest absolute Gasteiger partial charge is 0.201 e. The summed E-state index contributed by atoms with van der Waals surface area (Å²) < 4.78 is 2.49. The molecule has 0 saturated heterocycles. The Kier molecular flexibility index (Phi) is 6.10. The maximum atomic E-state index is 13.5. The number of aliphatic imine (C=N–C) groups is 1. The average molecular weight is 533 g/mol. The van der Waals surface area contributed by atoms with Crippen molar-refractivity contribution >= 4 is 40.3 Å². The van der Waals surface area contributed by atoms with E-state index in [9.17, 15) is 5.21 Å². The Balaban J connectivity index is 1.32. The van der Waals surface area contributed by atoms with Crippen molar-refractivity contribution in [2.24, 2.45) is 10.9 Å². The van der Waals surface area contributed by atoms with E-state index in [2.05, 4.69) is 20.5 Å². The number of nitrogens with two attached hydrogens (primary N) is 1. The van der Waals surface area contributed by atoms with Crippen LogP contribution in [0, 0.1) is 11.1 Å². The van der Waals surface area contributed by atoms with E-state index >= 15 is 0 Å². The molecule has 2 aliphatic rings. The highest BCUT2D eigenvalue weighted by Crippen LogP contribution is 2.42. The van der Waals surface area contributed by atoms with Gasteiger partial charge in [-0.05, 0) is 64.7 Å². The number of pyridine rings is 2. The molecule has 3 aromatic heterocycles. The Labute approximate surface area is 222 Å². The second kappa shape index (κ2) is 9.57. The molecule has 186 valence electrons. The lowest BCUT2D eigenvalue weighted by atomic mass is 9.88. The summed E-state index contributed by atoms with van der Waals surface area (Å²) in [5, 5.41) is 25.8. The van der Waals surface area contributed by atoms with Gasteiger partial charge in [0.1, 0.15) is 17.3 Å². The lowest BCUT2D eigenvalue weighted by Gasteiger charge is -2.18. The van der Waals surface area contributed by atoms with Crippen molar-refractivity contribution in [2.45, 2.75) is 31.6 Å². The number of halogens is 2. The number of nitrogens with zero attached hydrogens (tertiary/aromatic N) is 7. The first-order chi connectivity index (χ1) is 18.0. The zero-order chi connectivity index (χ0) is 25.5. The van der Waals surface area contributed by atoms with E-state index in [1.807, 2.05) is 30.5 Å². The van der Waals surface area contributed by atoms with Crippen molar-refractivity contribution in [3.05, 3.63) is 87.8 Å². The van der Waals surface area contributed by atoms with Crippen LogP contribution in [0.4, 0.5) is 5.82 Å². The Morgan fingerprint density at radius 2 is 1.97 bits per heavy atom. The Morgan fingerprint density at radius 3 is 2.70 bits per heavy atom. The van der Waals surface area contributed by atoms with E-state index in [4.69, 9.17) is 33.9 Å². The van der Waals surface area contributed by atoms with Crippen molar-refractivity contribution in [3.63, 3.8) is 0 Å². The molecule has 0 spiro atoms. The van der Waals surface area contributed by atoms with Gasteiger partial charge >= 0.3 is 0 Å². The number of aromatic nitrogens is 6. The molecule has 4 heterocycles. The topological polar surface area (TPSA) is 122 Å². The molecular formula is C26H22Cl2N8O. The third-order valence-electron chi connectivity index (χ3n) is 6.81. The molecule has 9 nitrogen and oxygen atoms in total. The summed E-state index contributed by atoms with van der Waals surface area (Å²) in [6, 6.07) is 12.8. The molecule has 0 bridgehead atoms. The molecule has 6 rings (SSSR count). The molecule has 4 aromatic rings. The van der Waals surface area contributed by atoms with Crippen LogP contribution in [0.2, 0.25) is 10.2 Å². The van der Waals surface area contributed by atoms with Crippen LogP contribution in [0.25, 0.3) is 22.4 Å². The van der Waals surface area contributed by atoms with E-state index in [0.29, 0.717) is 39.6 Å². The molecule has 0 amide bonds. The van der Waals surface area contributed by atoms with Gasteiger partial charge in [0.25, 0.3) is 0 Å². The molecular weight excluding hydrogens is 511 g/mol. The number of anilines is 1. The van der Waals surface area contributed by atoms with Crippen molar-refractivity contribution < 1.29 is 4.73 Å². The second-order valence-corrected chi connectivity index (χ2v) is 10.1. The first-order valence-corrected chi connectivity index (χ1v) is 12.7. The molecule has 1 fully saturated rings. The van der Waals surface area contributed by atoms with Crippen molar-refractivity contribution in [2.75, 3.05) is 5.73 Å². The van der Waals surface area contributed by atoms with Crippen LogP contribution < -0.4 is 10.5 Å². The number of hydrogen-bond acceptors (Lipinski definition) is 7. The first-order valence-electron chi connectivity index (χ1n) is 11.9. The summed E-state index contributed by atoms with van der Waals surface area (Å²) in [6.07, 6.45) is 8.73. The molecule has 1 atom stereocenters. The number of hydrogen-bond donors (Lipinski definition) is 1. The van der Waals surface area contributed by atoms with Crippen LogP contribution in [0.3, 0.4) is 0 Å². The summed E-state index contributed by atoms with van der Waals surface area (Å²) in [5.74, 6) is 0.861. The fraction of sp³-hybridized carbons (Fsp3) is 0.231. The number of benzene rings is 1. The quantitative estimate of drug-likeness (QED) is 0.202. The van der Waals surface area contributed by atoms with Gasteiger partial charge in [0.15, 0.2) is 6.20 Å². The van der Waals surface area contributed by atoms with E-state index in [0.717, 1.165) is 39.3 Å². The Bertz CT molecular complexity index is 1550. The highest BCUT2D eigenvalue weighted by atomic mass is 35.5. The van der Waals surface area contributed by atoms with Gasteiger partial charge < -0.3 is 10.9 Å². The molecule has 37 heavy (non-hydrogen) atoms. The third kappa shape index (κ3) is 4.80. The Hall–Kier alpha value is -3.82. The van der Waals surface area contributed by atoms with Crippen molar-refractivity contribution in [1.82, 2.24) is 25.2 Å². The van der Waals surface area contributed by atoms with E-state index < -0.39 is 0 Å². The Morgan fingerprint density at radius 1 is 1.11 bits per heavy atom. The zero-order valence-corrected chi connectivity index (χ0v) is 21.1. The zero-order valence-electron chi connectivity index (χ0n) is 19.6. The maximum absolute atomic E-state index is 13.5. The summed E-state index contributed by atoms with van der Waals surface area (Å²) in [4.78, 5) is 8.90. The molecule has 1 aliphatic heterocycles. The minimum atomic E-state index is -0.105. The molecule has 1 unspecified atom stereocenters. The van der Waals surface area contributed by atoms with Gasteiger partial charge in [0.2, 0.25) is 5.69 Å². The SMILES string of the molecule is Nc1ccc(C2=CN=C(C(CC3CC3)c3ccc(-c4cc(Cl)ccc4-n4cnnn4)c[n+]3[O-])C2)c(Cl)n1. The molecule has 11 heteroatoms. The fourth-order valence-corrected chi connectivity index (χ4v) is 5.21. The van der Waals surface area contributed by atoms with Crippen molar-refractivity contribution in [1.29, 1.82) is 0 Å². The predicted octanol–water partition coefficient (Wildman–Crippen LogP) is 5.02. The van der Waals surface area contributed by atoms with Crippen molar-refractivity contribution in [3.8, 4) is 16.8 Å². The van der Waals surface area contributed by atoms with Crippen LogP contribution in [0.1, 0.15) is 42.9 Å². The van der Waals surface area contributed by atoms with Crippen LogP contribution in [-0.2, 0) is 0 Å². The first kappa shape index (κ1) is 23.6. The van der Waals surface area contributed by atoms with Gasteiger partial charge in [-0.25, -0.2) is 4.98 Å². The number of allylic oxidation sites excluding steroid dienone is 1. The van der Waals surface area contributed by atoms with Crippen LogP contribution in [0.15, 0.2) is 66.2 Å². The standard InChI is InChI=1S/C26H22Cl2N8O/c27-18-4-7-23(35-14-31-33-34-35)20(11-18)16-3-6-24(36(37)13-16)21(9-15-1-2-15)22-10-17(12-30-22)19-5-8-25(29)32-26(19)28/h3-8,11-15,21H,1-2,9-10H2,(H2,29,32). The van der Waals surface area contributed by atoms with E-state index in [-0.39, 0.29) is 5.92 Å². The maximum Gasteiger partial charge on any atom is 0.201 e. The summed E-state index contributed by atoms with van der Waals surface area (Å²) in [5.41, 5.74) is 11.3. The largest absolute Gasteiger partial charge is 0.618 e. The second-order valence-electron chi connectivity index (χ2n) is 9.34. The van der Waals surface area contributed by atoms with Crippen LogP contribution in [-0.4, -0.2) is 30.9 Å². The number of rotatable bonds is 7. The monoisotopic (exact) mass is 532 g/mol. The highest BCUT2D eigenvalue weighted by Gasteiger charge is 2.35. The van der Waals surface area contributed by atoms with Gasteiger partial charge in [-0.1, -0.05) is 36.0 Å². The lowest BCUT2D eigenvalue weighted by Crippen LogP contribution is -2.35. The minimum absolute atomic E-state index is 0.105. The predicted molar refractivity (Wildman–Crippen MR) is 142 cm³/mol. The molecule has 1 aliphatic carbocycles. The molecule has 1 aromatic carbocycles. The van der Waals surface area contributed by atoms with E-state index in [1.165, 1.54) is 19.2 Å². The summed E-state index contributed by atoms with van der Waals surface area (Å²) in [7, 11) is 0. The lowest BCUT2D eigenvalue weighted by molar-refractivity contribution is -0.614. The van der Waals surface area contributed by atoms with Gasteiger partial charge in [0.05, 0.1) is 11.6 Å². The van der Waals surface area contributed by atoms with Gasteiger partial charge in [-0.3, -0.25) is 4.99 Å². The van der Waals surface area contributed by atoms with Gasteiger partial charge in [-0.15, -0.1) is 5.10 Å². The van der Waals surface area contributed by atoms with Crippen LogP contribution >= 0.6 is 23.2 Å². The minimum Gasteiger partial charge on any atom is -0.618 e. The molecule has 0 radical (unpaired) electrons. The summed E-state index contributed by atoms with van der Waals surface area (Å²) >= 11 is 12.6. The van der Waals surface area contributed by atoms with E-state index in [1.54, 1.807) is 29.1 Å². The molecule has 1 saturated carbocycles. The van der Waals surface area contributed by atoms with Crippen LogP contribution in [0.5, 0.6) is 0 Å². The van der Waals surface area contributed by atoms with Gasteiger partial charge in [-0.2, -0.15) is 9.41 Å². The normalized spacial score (nSPS) is 15.9. The molecule has 2 N–H and O–H groups in total. The fourth-order valence-electron chi connectivity index (χ4n) is 4.76.